The van der Waals surface area contributed by atoms with Crippen molar-refractivity contribution >= 4 is 35.6 Å². The number of carbonyl (C=O) groups excluding carboxylic acids is 2. The number of nitrogens with two attached hydrogens (primary N) is 1. The van der Waals surface area contributed by atoms with Gasteiger partial charge in [0.1, 0.15) is 5.75 Å². The van der Waals surface area contributed by atoms with Gasteiger partial charge in [0.05, 0.1) is 12.8 Å². The maximum atomic E-state index is 11.8. The number of nitrogens with zero attached hydrogens (tertiary/aromatic N) is 1. The Balaban J connectivity index is 0.00000264. The minimum atomic E-state index is -0.0793. The van der Waals surface area contributed by atoms with Crippen LogP contribution in [0.4, 0.5) is 11.4 Å². The zero-order valence-corrected chi connectivity index (χ0v) is 14.3. The summed E-state index contributed by atoms with van der Waals surface area (Å²) in [5.41, 5.74) is 7.05. The molecule has 0 saturated carbocycles. The fourth-order valence-electron chi connectivity index (χ4n) is 2.46. The topological polar surface area (TPSA) is 84.7 Å². The molecule has 1 unspecified atom stereocenters. The standard InChI is InChI=1S/C16H23N3O3.ClH/c1-11(17)5-8-15(20)18-12-6-7-13(14(10-12)22-2)19-9-3-4-16(19)21;/h6-7,10-11H,3-5,8-9,17H2,1-2H3,(H,18,20);1H. The predicted octanol–water partition coefficient (Wildman–Crippen LogP) is 2.31. The lowest BCUT2D eigenvalue weighted by atomic mass is 10.2. The van der Waals surface area contributed by atoms with Gasteiger partial charge in [-0.3, -0.25) is 9.59 Å². The molecule has 2 rings (SSSR count). The highest BCUT2D eigenvalue weighted by Crippen LogP contribution is 2.33. The van der Waals surface area contributed by atoms with Gasteiger partial charge in [0.2, 0.25) is 11.8 Å². The molecule has 1 fully saturated rings. The van der Waals surface area contributed by atoms with Crippen LogP contribution in [-0.4, -0.2) is 31.5 Å². The van der Waals surface area contributed by atoms with Crippen LogP contribution in [0.25, 0.3) is 0 Å². The number of halogens is 1. The highest BCUT2D eigenvalue weighted by atomic mass is 35.5. The number of nitrogens with one attached hydrogen (secondary N) is 1. The molecule has 7 heteroatoms. The molecule has 0 spiro atoms. The first-order valence-electron chi connectivity index (χ1n) is 7.55. The second-order valence-corrected chi connectivity index (χ2v) is 5.60. The first-order valence-corrected chi connectivity index (χ1v) is 7.55. The third-order valence-electron chi connectivity index (χ3n) is 3.65. The van der Waals surface area contributed by atoms with E-state index >= 15 is 0 Å². The first-order chi connectivity index (χ1) is 10.5. The van der Waals surface area contributed by atoms with Crippen LogP contribution >= 0.6 is 12.4 Å². The van der Waals surface area contributed by atoms with Crippen LogP contribution in [0.2, 0.25) is 0 Å². The van der Waals surface area contributed by atoms with Gasteiger partial charge in [-0.2, -0.15) is 0 Å². The summed E-state index contributed by atoms with van der Waals surface area (Å²) in [6, 6.07) is 5.34. The fraction of sp³-hybridized carbons (Fsp3) is 0.500. The molecule has 1 aromatic carbocycles. The van der Waals surface area contributed by atoms with Gasteiger partial charge in [0.25, 0.3) is 0 Å². The Kier molecular flexibility index (Phi) is 7.32. The van der Waals surface area contributed by atoms with Crippen LogP contribution in [0.1, 0.15) is 32.6 Å². The number of hydrogen-bond donors (Lipinski definition) is 2. The van der Waals surface area contributed by atoms with Gasteiger partial charge < -0.3 is 20.7 Å². The van der Waals surface area contributed by atoms with E-state index in [1.54, 1.807) is 24.1 Å². The number of ether oxygens (including phenoxy) is 1. The van der Waals surface area contributed by atoms with Crippen molar-refractivity contribution in [3.05, 3.63) is 18.2 Å². The fourth-order valence-corrected chi connectivity index (χ4v) is 2.46. The Bertz CT molecular complexity index is 564. The third-order valence-corrected chi connectivity index (χ3v) is 3.65. The van der Waals surface area contributed by atoms with Crippen LogP contribution in [-0.2, 0) is 9.59 Å². The molecule has 1 atom stereocenters. The SMILES string of the molecule is COc1cc(NC(=O)CCC(C)N)ccc1N1CCCC1=O.Cl. The zero-order chi connectivity index (χ0) is 16.1. The highest BCUT2D eigenvalue weighted by Gasteiger charge is 2.24. The monoisotopic (exact) mass is 341 g/mol. The minimum Gasteiger partial charge on any atom is -0.494 e. The lowest BCUT2D eigenvalue weighted by molar-refractivity contribution is -0.117. The van der Waals surface area contributed by atoms with E-state index in [0.717, 1.165) is 12.1 Å². The number of benzene rings is 1. The summed E-state index contributed by atoms with van der Waals surface area (Å²) in [6.07, 6.45) is 2.45. The Morgan fingerprint density at radius 1 is 1.48 bits per heavy atom. The van der Waals surface area contributed by atoms with E-state index < -0.39 is 0 Å². The molecule has 1 aliphatic heterocycles. The van der Waals surface area contributed by atoms with Gasteiger partial charge in [0, 0.05) is 37.2 Å². The molecule has 3 N–H and O–H groups in total. The Labute approximate surface area is 142 Å². The van der Waals surface area contributed by atoms with Gasteiger partial charge in [-0.1, -0.05) is 0 Å². The van der Waals surface area contributed by atoms with E-state index in [0.29, 0.717) is 37.2 Å². The minimum absolute atomic E-state index is 0. The molecule has 1 saturated heterocycles. The summed E-state index contributed by atoms with van der Waals surface area (Å²) in [5.74, 6) is 0.608. The quantitative estimate of drug-likeness (QED) is 0.831. The van der Waals surface area contributed by atoms with Crippen LogP contribution in [0.15, 0.2) is 18.2 Å². The van der Waals surface area contributed by atoms with Crippen LogP contribution < -0.4 is 20.7 Å². The van der Waals surface area contributed by atoms with E-state index in [9.17, 15) is 9.59 Å². The largest absolute Gasteiger partial charge is 0.494 e. The average molecular weight is 342 g/mol. The molecule has 6 nitrogen and oxygen atoms in total. The second-order valence-electron chi connectivity index (χ2n) is 5.60. The number of anilines is 2. The van der Waals surface area contributed by atoms with E-state index in [-0.39, 0.29) is 30.3 Å². The van der Waals surface area contributed by atoms with E-state index in [2.05, 4.69) is 5.32 Å². The van der Waals surface area contributed by atoms with E-state index in [1.165, 1.54) is 0 Å². The molecule has 0 aromatic heterocycles. The lowest BCUT2D eigenvalue weighted by Gasteiger charge is -2.19. The Morgan fingerprint density at radius 3 is 2.78 bits per heavy atom. The Hall–Kier alpha value is -1.79. The third kappa shape index (κ3) is 5.11. The van der Waals surface area contributed by atoms with Gasteiger partial charge in [-0.15, -0.1) is 12.4 Å². The number of methoxy groups -OCH3 is 1. The zero-order valence-electron chi connectivity index (χ0n) is 13.5. The van der Waals surface area contributed by atoms with Crippen LogP contribution in [0.5, 0.6) is 5.75 Å². The summed E-state index contributed by atoms with van der Waals surface area (Å²) >= 11 is 0. The molecule has 1 aromatic rings. The van der Waals surface area contributed by atoms with Crippen LogP contribution in [0, 0.1) is 0 Å². The van der Waals surface area contributed by atoms with Crippen molar-refractivity contribution in [3.63, 3.8) is 0 Å². The van der Waals surface area contributed by atoms with Crippen molar-refractivity contribution in [2.75, 3.05) is 23.9 Å². The van der Waals surface area contributed by atoms with Gasteiger partial charge in [0.15, 0.2) is 0 Å². The summed E-state index contributed by atoms with van der Waals surface area (Å²) in [5, 5.41) is 2.82. The van der Waals surface area contributed by atoms with Crippen molar-refractivity contribution in [2.45, 2.75) is 38.6 Å². The first kappa shape index (κ1) is 19.3. The number of rotatable bonds is 6. The molecule has 0 bridgehead atoms. The highest BCUT2D eigenvalue weighted by molar-refractivity contribution is 5.97. The van der Waals surface area contributed by atoms with E-state index in [4.69, 9.17) is 10.5 Å². The van der Waals surface area contributed by atoms with Crippen molar-refractivity contribution in [2.24, 2.45) is 5.73 Å². The predicted molar refractivity (Wildman–Crippen MR) is 93.3 cm³/mol. The van der Waals surface area contributed by atoms with Crippen molar-refractivity contribution < 1.29 is 14.3 Å². The van der Waals surface area contributed by atoms with Gasteiger partial charge >= 0.3 is 0 Å². The number of carbonyl (C=O) groups is 2. The molecule has 128 valence electrons. The molecule has 23 heavy (non-hydrogen) atoms. The smallest absolute Gasteiger partial charge is 0.227 e. The van der Waals surface area contributed by atoms with Crippen LogP contribution in [0.3, 0.4) is 0 Å². The summed E-state index contributed by atoms with van der Waals surface area (Å²) in [7, 11) is 1.56. The van der Waals surface area contributed by atoms with Crippen molar-refractivity contribution in [1.82, 2.24) is 0 Å². The summed E-state index contributed by atoms with van der Waals surface area (Å²) < 4.78 is 5.36. The normalized spacial score (nSPS) is 15.1. The average Bonchev–Trinajstić information content (AvgIpc) is 2.91. The molecule has 0 radical (unpaired) electrons. The number of hydrogen-bond acceptors (Lipinski definition) is 4. The molecule has 0 aliphatic carbocycles. The Morgan fingerprint density at radius 2 is 2.22 bits per heavy atom. The molecular formula is C16H24ClN3O3. The van der Waals surface area contributed by atoms with Crippen molar-refractivity contribution in [3.8, 4) is 5.75 Å². The van der Waals surface area contributed by atoms with Gasteiger partial charge in [-0.05, 0) is 31.9 Å². The summed E-state index contributed by atoms with van der Waals surface area (Å²) in [6.45, 7) is 2.58. The molecule has 1 heterocycles. The molecular weight excluding hydrogens is 318 g/mol. The molecule has 1 aliphatic rings. The maximum absolute atomic E-state index is 11.8. The second kappa shape index (κ2) is 8.74. The number of amides is 2. The van der Waals surface area contributed by atoms with Gasteiger partial charge in [-0.25, -0.2) is 0 Å². The lowest BCUT2D eigenvalue weighted by Crippen LogP contribution is -2.24. The van der Waals surface area contributed by atoms with E-state index in [1.807, 2.05) is 13.0 Å². The molecule has 2 amide bonds. The summed E-state index contributed by atoms with van der Waals surface area (Å²) in [4.78, 5) is 25.4. The van der Waals surface area contributed by atoms with Crippen molar-refractivity contribution in [1.29, 1.82) is 0 Å². The maximum Gasteiger partial charge on any atom is 0.227 e.